The molecular formula is C24H22F4N2O4. The van der Waals surface area contributed by atoms with E-state index in [0.717, 1.165) is 12.1 Å². The van der Waals surface area contributed by atoms with E-state index in [-0.39, 0.29) is 41.7 Å². The van der Waals surface area contributed by atoms with Gasteiger partial charge in [-0.1, -0.05) is 12.1 Å². The third kappa shape index (κ3) is 5.94. The number of carbonyl (C=O) groups is 2. The number of allylic oxidation sites excluding steroid dienone is 4. The van der Waals surface area contributed by atoms with Crippen LogP contribution in [0.25, 0.3) is 5.57 Å². The second-order valence-corrected chi connectivity index (χ2v) is 7.14. The highest BCUT2D eigenvalue weighted by Crippen LogP contribution is 2.38. The highest BCUT2D eigenvalue weighted by Gasteiger charge is 2.34. The van der Waals surface area contributed by atoms with Crippen LogP contribution in [0.15, 0.2) is 54.3 Å². The summed E-state index contributed by atoms with van der Waals surface area (Å²) in [7, 11) is 0. The van der Waals surface area contributed by atoms with E-state index >= 15 is 0 Å². The minimum Gasteiger partial charge on any atom is -0.493 e. The number of Topliss-reactive ketones (excluding diaryl/α,β-unsaturated/α-hetero) is 1. The highest BCUT2D eigenvalue weighted by atomic mass is 19.4. The molecule has 0 bridgehead atoms. The summed E-state index contributed by atoms with van der Waals surface area (Å²) in [6, 6.07) is 6.19. The number of carbonyl (C=O) groups excluding carboxylic acids is 2. The number of hydrogen-bond acceptors (Lipinski definition) is 4. The fourth-order valence-corrected chi connectivity index (χ4v) is 3.25. The normalized spacial score (nSPS) is 13.6. The van der Waals surface area contributed by atoms with Gasteiger partial charge < -0.3 is 20.1 Å². The zero-order valence-electron chi connectivity index (χ0n) is 18.4. The van der Waals surface area contributed by atoms with E-state index in [0.29, 0.717) is 17.7 Å². The highest BCUT2D eigenvalue weighted by molar-refractivity contribution is 6.02. The lowest BCUT2D eigenvalue weighted by atomic mass is 9.97. The van der Waals surface area contributed by atoms with Crippen LogP contribution in [0, 0.1) is 5.82 Å². The Morgan fingerprint density at radius 2 is 1.76 bits per heavy atom. The van der Waals surface area contributed by atoms with Gasteiger partial charge in [0.1, 0.15) is 11.6 Å². The van der Waals surface area contributed by atoms with Crippen LogP contribution in [-0.2, 0) is 15.7 Å². The molecule has 0 aromatic heterocycles. The molecule has 34 heavy (non-hydrogen) atoms. The maximum atomic E-state index is 14.6. The van der Waals surface area contributed by atoms with Crippen molar-refractivity contribution in [3.05, 3.63) is 71.3 Å². The van der Waals surface area contributed by atoms with Crippen molar-refractivity contribution in [2.45, 2.75) is 26.4 Å². The van der Waals surface area contributed by atoms with Crippen molar-refractivity contribution in [1.82, 2.24) is 0 Å². The number of benzene rings is 2. The van der Waals surface area contributed by atoms with Crippen LogP contribution < -0.4 is 15.4 Å². The number of amides is 2. The molecule has 2 aromatic rings. The topological polar surface area (TPSA) is 76.7 Å². The lowest BCUT2D eigenvalue weighted by Crippen LogP contribution is -2.20. The van der Waals surface area contributed by atoms with E-state index in [2.05, 4.69) is 10.6 Å². The molecule has 0 radical (unpaired) electrons. The van der Waals surface area contributed by atoms with E-state index in [1.54, 1.807) is 26.0 Å². The van der Waals surface area contributed by atoms with Crippen molar-refractivity contribution < 1.29 is 36.6 Å². The van der Waals surface area contributed by atoms with Gasteiger partial charge in [-0.2, -0.15) is 13.2 Å². The maximum Gasteiger partial charge on any atom is 0.420 e. The Labute approximate surface area is 193 Å². The molecule has 0 unspecified atom stereocenters. The summed E-state index contributed by atoms with van der Waals surface area (Å²) in [6.07, 6.45) is -1.40. The Morgan fingerprint density at radius 3 is 2.41 bits per heavy atom. The van der Waals surface area contributed by atoms with E-state index in [9.17, 15) is 27.2 Å². The summed E-state index contributed by atoms with van der Waals surface area (Å²) in [5.74, 6) is -1.11. The third-order valence-corrected chi connectivity index (χ3v) is 4.76. The molecule has 2 aromatic carbocycles. The quantitative estimate of drug-likeness (QED) is 0.467. The number of rotatable bonds is 7. The Bertz CT molecular complexity index is 1160. The first-order valence-electron chi connectivity index (χ1n) is 10.4. The standard InChI is InChI=1S/C24H22F4N2O4/c1-3-33-21-10-7-16(13-17(21)24(26,27)28)29-23(32)30-19-8-5-14(11-18(19)25)15-6-9-20(31)22(12-15)34-4-2/h5-8,10-13H,3-4,9H2,1-2H3,(H2,29,30,32). The van der Waals surface area contributed by atoms with E-state index in [4.69, 9.17) is 9.47 Å². The van der Waals surface area contributed by atoms with E-state index in [1.165, 1.54) is 24.3 Å². The number of alkyl halides is 3. The molecule has 1 aliphatic carbocycles. The van der Waals surface area contributed by atoms with Gasteiger partial charge in [0, 0.05) is 12.1 Å². The van der Waals surface area contributed by atoms with E-state index < -0.39 is 23.6 Å². The molecule has 0 saturated carbocycles. The monoisotopic (exact) mass is 478 g/mol. The molecule has 2 amide bonds. The van der Waals surface area contributed by atoms with Gasteiger partial charge in [-0.05, 0) is 61.4 Å². The number of halogens is 4. The van der Waals surface area contributed by atoms with Gasteiger partial charge in [0.15, 0.2) is 5.76 Å². The average molecular weight is 478 g/mol. The maximum absolute atomic E-state index is 14.6. The van der Waals surface area contributed by atoms with Gasteiger partial charge in [-0.25, -0.2) is 9.18 Å². The summed E-state index contributed by atoms with van der Waals surface area (Å²) in [4.78, 5) is 24.1. The summed E-state index contributed by atoms with van der Waals surface area (Å²) < 4.78 is 64.7. The molecule has 0 heterocycles. The number of nitrogens with one attached hydrogen (secondary N) is 2. The van der Waals surface area contributed by atoms with Crippen LogP contribution in [0.2, 0.25) is 0 Å². The first-order valence-corrected chi connectivity index (χ1v) is 10.4. The molecule has 0 fully saturated rings. The lowest BCUT2D eigenvalue weighted by Gasteiger charge is -2.16. The molecule has 10 heteroatoms. The van der Waals surface area contributed by atoms with Gasteiger partial charge in [0.2, 0.25) is 5.78 Å². The third-order valence-electron chi connectivity index (χ3n) is 4.76. The van der Waals surface area contributed by atoms with Crippen LogP contribution in [0.5, 0.6) is 5.75 Å². The molecule has 6 nitrogen and oxygen atoms in total. The fourth-order valence-electron chi connectivity index (χ4n) is 3.25. The summed E-state index contributed by atoms with van der Waals surface area (Å²) in [6.45, 7) is 3.66. The first-order chi connectivity index (χ1) is 16.1. The number of ketones is 1. The second kappa shape index (κ2) is 10.4. The molecule has 0 atom stereocenters. The second-order valence-electron chi connectivity index (χ2n) is 7.14. The molecule has 0 saturated heterocycles. The molecular weight excluding hydrogens is 456 g/mol. The summed E-state index contributed by atoms with van der Waals surface area (Å²) in [5, 5.41) is 4.53. The van der Waals surface area contributed by atoms with Crippen molar-refractivity contribution >= 4 is 28.8 Å². The molecule has 0 aliphatic heterocycles. The van der Waals surface area contributed by atoms with Crippen molar-refractivity contribution in [2.75, 3.05) is 23.8 Å². The zero-order chi connectivity index (χ0) is 24.9. The Kier molecular flexibility index (Phi) is 7.60. The minimum atomic E-state index is -4.69. The smallest absolute Gasteiger partial charge is 0.420 e. The predicted octanol–water partition coefficient (Wildman–Crippen LogP) is 6.16. The van der Waals surface area contributed by atoms with Gasteiger partial charge in [0.05, 0.1) is 24.5 Å². The zero-order valence-corrected chi connectivity index (χ0v) is 18.4. The van der Waals surface area contributed by atoms with Crippen LogP contribution in [0.3, 0.4) is 0 Å². The fraction of sp³-hybridized carbons (Fsp3) is 0.250. The molecule has 1 aliphatic rings. The van der Waals surface area contributed by atoms with Gasteiger partial charge in [-0.3, -0.25) is 4.79 Å². The van der Waals surface area contributed by atoms with Crippen molar-refractivity contribution in [1.29, 1.82) is 0 Å². The van der Waals surface area contributed by atoms with Crippen molar-refractivity contribution in [3.63, 3.8) is 0 Å². The predicted molar refractivity (Wildman–Crippen MR) is 119 cm³/mol. The average Bonchev–Trinajstić information content (AvgIpc) is 2.77. The number of anilines is 2. The van der Waals surface area contributed by atoms with Gasteiger partial charge >= 0.3 is 12.2 Å². The van der Waals surface area contributed by atoms with Crippen LogP contribution in [0.1, 0.15) is 31.4 Å². The Hall–Kier alpha value is -3.82. The van der Waals surface area contributed by atoms with Crippen LogP contribution in [0.4, 0.5) is 33.7 Å². The van der Waals surface area contributed by atoms with Crippen molar-refractivity contribution in [3.8, 4) is 5.75 Å². The SMILES string of the molecule is CCOC1=CC(c2ccc(NC(=O)Nc3ccc(OCC)c(C(F)(F)F)c3)c(F)c2)=CCC1=O. The van der Waals surface area contributed by atoms with Gasteiger partial charge in [0.25, 0.3) is 0 Å². The van der Waals surface area contributed by atoms with Gasteiger partial charge in [-0.15, -0.1) is 0 Å². The largest absolute Gasteiger partial charge is 0.493 e. The van der Waals surface area contributed by atoms with Crippen LogP contribution >= 0.6 is 0 Å². The lowest BCUT2D eigenvalue weighted by molar-refractivity contribution is -0.138. The van der Waals surface area contributed by atoms with E-state index in [1.807, 2.05) is 0 Å². The van der Waals surface area contributed by atoms with Crippen LogP contribution in [-0.4, -0.2) is 25.0 Å². The van der Waals surface area contributed by atoms with Crippen molar-refractivity contribution in [2.24, 2.45) is 0 Å². The summed E-state index contributed by atoms with van der Waals surface area (Å²) >= 11 is 0. The Morgan fingerprint density at radius 1 is 1.03 bits per heavy atom. The number of hydrogen-bond donors (Lipinski definition) is 2. The Balaban J connectivity index is 1.73. The molecule has 0 spiro atoms. The first kappa shape index (κ1) is 24.8. The number of ether oxygens (including phenoxy) is 2. The molecule has 2 N–H and O–H groups in total. The number of urea groups is 1. The molecule has 180 valence electrons. The summed E-state index contributed by atoms with van der Waals surface area (Å²) in [5.41, 5.74) is -0.302. The molecule has 3 rings (SSSR count). The minimum absolute atomic E-state index is 0.0432.